The van der Waals surface area contributed by atoms with E-state index in [0.29, 0.717) is 0 Å². The van der Waals surface area contributed by atoms with Crippen molar-refractivity contribution in [3.05, 3.63) is 161 Å². The first-order valence-electron chi connectivity index (χ1n) is 25.7. The number of aryl methyl sites for hydroxylation is 2. The minimum atomic E-state index is -0.131. The minimum Gasteiger partial charge on any atom is -0.456 e. The molecule has 0 amide bonds. The summed E-state index contributed by atoms with van der Waals surface area (Å²) in [4.78, 5) is 8.05. The molecule has 4 nitrogen and oxygen atoms in total. The van der Waals surface area contributed by atoms with Crippen LogP contribution in [0.1, 0.15) is 135 Å². The van der Waals surface area contributed by atoms with E-state index in [1.807, 2.05) is 0 Å². The van der Waals surface area contributed by atoms with E-state index in [2.05, 4.69) is 232 Å². The second kappa shape index (κ2) is 14.7. The molecule has 348 valence electrons. The molecule has 1 fully saturated rings. The number of fused-ring (bicyclic) bond motifs is 10. The van der Waals surface area contributed by atoms with Gasteiger partial charge in [0.1, 0.15) is 11.2 Å². The molecule has 0 bridgehead atoms. The zero-order chi connectivity index (χ0) is 48.3. The van der Waals surface area contributed by atoms with Gasteiger partial charge in [0, 0.05) is 61.7 Å². The highest BCUT2D eigenvalue weighted by molar-refractivity contribution is 7.00. The lowest BCUT2D eigenvalue weighted by Gasteiger charge is -2.51. The van der Waals surface area contributed by atoms with Crippen molar-refractivity contribution >= 4 is 90.5 Å². The Bertz CT molecular complexity index is 3430. The van der Waals surface area contributed by atoms with Crippen LogP contribution in [0.15, 0.2) is 132 Å². The predicted octanol–water partition coefficient (Wildman–Crippen LogP) is 15.9. The van der Waals surface area contributed by atoms with E-state index < -0.39 is 0 Å². The first kappa shape index (κ1) is 44.0. The fraction of sp³-hybridized carbons (Fsp3) is 0.344. The largest absolute Gasteiger partial charge is 0.456 e. The third-order valence-corrected chi connectivity index (χ3v) is 17.2. The fourth-order valence-corrected chi connectivity index (χ4v) is 13.3. The third-order valence-electron chi connectivity index (χ3n) is 17.2. The molecule has 4 heterocycles. The van der Waals surface area contributed by atoms with E-state index >= 15 is 0 Å². The first-order valence-corrected chi connectivity index (χ1v) is 25.7. The van der Waals surface area contributed by atoms with Gasteiger partial charge >= 0.3 is 0 Å². The zero-order valence-corrected chi connectivity index (χ0v) is 43.3. The SMILES string of the molecule is Cc1cc(C)c2c(c1)N(c1cc3c4c(c1)N(c1ccc5oc6ccccc6c5c1)c1ccc(C(C)(C)C)cc1B4c1cc(C(C)(C)C)ccc1N3c1ccc(C(C)(C)C)cc1)C1(C)CCCCC21C. The van der Waals surface area contributed by atoms with Gasteiger partial charge in [-0.05, 0) is 166 Å². The molecular formula is C64H68BN3O. The van der Waals surface area contributed by atoms with Crippen molar-refractivity contribution in [3.8, 4) is 0 Å². The Morgan fingerprint density at radius 1 is 0.493 bits per heavy atom. The lowest BCUT2D eigenvalue weighted by Crippen LogP contribution is -2.62. The van der Waals surface area contributed by atoms with E-state index in [1.165, 1.54) is 109 Å². The molecule has 12 rings (SSSR count). The van der Waals surface area contributed by atoms with E-state index in [-0.39, 0.29) is 33.9 Å². The van der Waals surface area contributed by atoms with Crippen molar-refractivity contribution in [2.75, 3.05) is 14.7 Å². The molecule has 69 heavy (non-hydrogen) atoms. The monoisotopic (exact) mass is 906 g/mol. The Kier molecular flexibility index (Phi) is 9.36. The van der Waals surface area contributed by atoms with Crippen LogP contribution < -0.4 is 31.1 Å². The molecule has 1 aliphatic carbocycles. The molecule has 0 N–H and O–H groups in total. The molecule has 2 atom stereocenters. The number of hydrogen-bond donors (Lipinski definition) is 0. The number of benzene rings is 7. The van der Waals surface area contributed by atoms with Gasteiger partial charge in [-0.2, -0.15) is 0 Å². The number of nitrogens with zero attached hydrogens (tertiary/aromatic N) is 3. The third kappa shape index (κ3) is 6.40. The van der Waals surface area contributed by atoms with Crippen LogP contribution in [0.25, 0.3) is 21.9 Å². The van der Waals surface area contributed by atoms with Crippen LogP contribution in [0.3, 0.4) is 0 Å². The smallest absolute Gasteiger partial charge is 0.252 e. The molecule has 5 heteroatoms. The van der Waals surface area contributed by atoms with Gasteiger partial charge in [0.25, 0.3) is 6.71 Å². The molecule has 2 unspecified atom stereocenters. The number of para-hydroxylation sites is 1. The van der Waals surface area contributed by atoms with Crippen molar-refractivity contribution in [1.82, 2.24) is 0 Å². The van der Waals surface area contributed by atoms with Gasteiger partial charge in [-0.3, -0.25) is 0 Å². The Morgan fingerprint density at radius 2 is 1.04 bits per heavy atom. The molecule has 7 aromatic carbocycles. The summed E-state index contributed by atoms with van der Waals surface area (Å²) >= 11 is 0. The zero-order valence-electron chi connectivity index (χ0n) is 43.3. The molecule has 8 aromatic rings. The molecular weight excluding hydrogens is 838 g/mol. The van der Waals surface area contributed by atoms with E-state index in [4.69, 9.17) is 4.42 Å². The summed E-state index contributed by atoms with van der Waals surface area (Å²) in [7, 11) is 0. The summed E-state index contributed by atoms with van der Waals surface area (Å²) in [6.45, 7) is 30.9. The van der Waals surface area contributed by atoms with E-state index in [1.54, 1.807) is 0 Å². The van der Waals surface area contributed by atoms with Crippen molar-refractivity contribution in [3.63, 3.8) is 0 Å². The minimum absolute atomic E-state index is 0.00448. The quantitative estimate of drug-likeness (QED) is 0.165. The molecule has 4 aliphatic rings. The second-order valence-electron chi connectivity index (χ2n) is 24.7. The average molecular weight is 906 g/mol. The summed E-state index contributed by atoms with van der Waals surface area (Å²) in [6.07, 6.45) is 4.79. The summed E-state index contributed by atoms with van der Waals surface area (Å²) in [5.74, 6) is 0. The van der Waals surface area contributed by atoms with Gasteiger partial charge in [0.05, 0.1) is 5.54 Å². The molecule has 1 saturated carbocycles. The molecule has 0 radical (unpaired) electrons. The molecule has 0 spiro atoms. The van der Waals surface area contributed by atoms with Gasteiger partial charge in [-0.25, -0.2) is 0 Å². The summed E-state index contributed by atoms with van der Waals surface area (Å²) in [5, 5.41) is 2.27. The van der Waals surface area contributed by atoms with Crippen LogP contribution in [0.4, 0.5) is 45.5 Å². The number of anilines is 8. The van der Waals surface area contributed by atoms with Crippen LogP contribution in [-0.2, 0) is 21.7 Å². The van der Waals surface area contributed by atoms with Gasteiger partial charge < -0.3 is 19.1 Å². The Labute approximate surface area is 411 Å². The second-order valence-corrected chi connectivity index (χ2v) is 24.7. The number of furan rings is 1. The Hall–Kier alpha value is -6.20. The maximum absolute atomic E-state index is 6.50. The van der Waals surface area contributed by atoms with Gasteiger partial charge in [0.15, 0.2) is 0 Å². The Balaban J connectivity index is 1.23. The van der Waals surface area contributed by atoms with Crippen LogP contribution in [0.5, 0.6) is 0 Å². The summed E-state index contributed by atoms with van der Waals surface area (Å²) < 4.78 is 6.50. The fourth-order valence-electron chi connectivity index (χ4n) is 13.3. The summed E-state index contributed by atoms with van der Waals surface area (Å²) in [6, 6.07) is 49.7. The van der Waals surface area contributed by atoms with Gasteiger partial charge in [0.2, 0.25) is 0 Å². The van der Waals surface area contributed by atoms with Crippen molar-refractivity contribution in [1.29, 1.82) is 0 Å². The lowest BCUT2D eigenvalue weighted by molar-refractivity contribution is 0.194. The normalized spacial score (nSPS) is 19.7. The van der Waals surface area contributed by atoms with Gasteiger partial charge in [-0.15, -0.1) is 0 Å². The number of rotatable bonds is 3. The standard InChI is InChI=1S/C64H68BN3O/c1-39-32-40(2)58-53(33-39)68(64(13)31-17-16-30-63(58,64)12)46-37-54-59-55(38-46)67(45-26-29-57-48(36-45)47-18-14-15-19-56(47)69-57)52-28-23-43(62(9,10)11)35-50(52)65(59)49-34-42(61(6,7)8)22-27-51(49)66(54)44-24-20-41(21-25-44)60(3,4)5/h14-15,18-29,32-38H,16-17,30-31H2,1-13H3. The Morgan fingerprint density at radius 3 is 1.67 bits per heavy atom. The highest BCUT2D eigenvalue weighted by Crippen LogP contribution is 2.63. The van der Waals surface area contributed by atoms with E-state index in [0.717, 1.165) is 34.0 Å². The maximum Gasteiger partial charge on any atom is 0.252 e. The van der Waals surface area contributed by atoms with E-state index in [9.17, 15) is 0 Å². The van der Waals surface area contributed by atoms with Crippen LogP contribution >= 0.6 is 0 Å². The van der Waals surface area contributed by atoms with Crippen molar-refractivity contribution in [2.45, 2.75) is 143 Å². The van der Waals surface area contributed by atoms with Crippen LogP contribution in [-0.4, -0.2) is 12.3 Å². The maximum atomic E-state index is 6.50. The van der Waals surface area contributed by atoms with Crippen molar-refractivity contribution < 1.29 is 4.42 Å². The lowest BCUT2D eigenvalue weighted by atomic mass is 9.33. The molecule has 1 aromatic heterocycles. The highest BCUT2D eigenvalue weighted by Gasteiger charge is 2.59. The summed E-state index contributed by atoms with van der Waals surface area (Å²) in [5.41, 5.74) is 23.9. The van der Waals surface area contributed by atoms with Crippen LogP contribution in [0, 0.1) is 13.8 Å². The predicted molar refractivity (Wildman–Crippen MR) is 296 cm³/mol. The first-order chi connectivity index (χ1) is 32.7. The molecule has 0 saturated heterocycles. The molecule has 3 aliphatic heterocycles. The average Bonchev–Trinajstić information content (AvgIpc) is 3.76. The van der Waals surface area contributed by atoms with Gasteiger partial charge in [-0.1, -0.05) is 143 Å². The highest BCUT2D eigenvalue weighted by atomic mass is 16.3. The van der Waals surface area contributed by atoms with Crippen molar-refractivity contribution in [2.24, 2.45) is 0 Å². The number of hydrogen-bond acceptors (Lipinski definition) is 4. The van der Waals surface area contributed by atoms with Crippen LogP contribution in [0.2, 0.25) is 0 Å². The topological polar surface area (TPSA) is 22.9 Å².